The summed E-state index contributed by atoms with van der Waals surface area (Å²) in [5, 5.41) is 11.9. The Morgan fingerprint density at radius 2 is 2.00 bits per heavy atom. The highest BCUT2D eigenvalue weighted by Crippen LogP contribution is 2.23. The van der Waals surface area contributed by atoms with E-state index in [0.29, 0.717) is 5.69 Å². The molecule has 1 aromatic heterocycles. The largest absolute Gasteiger partial charge is 0.476 e. The minimum Gasteiger partial charge on any atom is -0.476 e. The maximum Gasteiger partial charge on any atom is 0.356 e. The van der Waals surface area contributed by atoms with Gasteiger partial charge in [-0.2, -0.15) is 0 Å². The van der Waals surface area contributed by atoms with Crippen molar-refractivity contribution >= 4 is 40.7 Å². The number of aromatic nitrogens is 1. The second-order valence-corrected chi connectivity index (χ2v) is 4.46. The molecule has 0 bridgehead atoms. The number of anilines is 2. The molecule has 0 radical (unpaired) electrons. The van der Waals surface area contributed by atoms with Crippen molar-refractivity contribution in [3.8, 4) is 0 Å². The summed E-state index contributed by atoms with van der Waals surface area (Å²) >= 11 is 11.4. The molecule has 0 aliphatic rings. The third-order valence-electron chi connectivity index (χ3n) is 2.18. The van der Waals surface area contributed by atoms with Crippen LogP contribution in [0.1, 0.15) is 10.5 Å². The number of benzene rings is 1. The van der Waals surface area contributed by atoms with Gasteiger partial charge in [0.15, 0.2) is 5.69 Å². The van der Waals surface area contributed by atoms with E-state index in [0.717, 1.165) is 6.07 Å². The number of carboxylic acids is 1. The molecule has 0 atom stereocenters. The van der Waals surface area contributed by atoms with Crippen molar-refractivity contribution in [2.45, 2.75) is 0 Å². The van der Waals surface area contributed by atoms with Gasteiger partial charge in [-0.15, -0.1) is 0 Å². The molecule has 7 heteroatoms. The lowest BCUT2D eigenvalue weighted by Gasteiger charge is -2.07. The zero-order valence-electron chi connectivity index (χ0n) is 9.32. The summed E-state index contributed by atoms with van der Waals surface area (Å²) in [6, 6.07) is 6.73. The number of nitrogens with one attached hydrogen (secondary N) is 1. The summed E-state index contributed by atoms with van der Waals surface area (Å²) in [5.41, 5.74) is 0.0744. The van der Waals surface area contributed by atoms with Gasteiger partial charge in [0.25, 0.3) is 0 Å². The van der Waals surface area contributed by atoms with Crippen molar-refractivity contribution in [2.24, 2.45) is 0 Å². The van der Waals surface area contributed by atoms with Gasteiger partial charge in [0, 0.05) is 10.7 Å². The Balaban J connectivity index is 2.33. The van der Waals surface area contributed by atoms with E-state index in [1.807, 2.05) is 0 Å². The molecule has 4 nitrogen and oxygen atoms in total. The van der Waals surface area contributed by atoms with Gasteiger partial charge < -0.3 is 10.4 Å². The summed E-state index contributed by atoms with van der Waals surface area (Å²) in [6.07, 6.45) is 0. The van der Waals surface area contributed by atoms with Crippen molar-refractivity contribution < 1.29 is 14.3 Å². The summed E-state index contributed by atoms with van der Waals surface area (Å²) in [4.78, 5) is 14.7. The number of aromatic carboxylic acids is 1. The molecule has 0 spiro atoms. The average Bonchev–Trinajstić information content (AvgIpc) is 2.30. The number of rotatable bonds is 3. The van der Waals surface area contributed by atoms with Crippen LogP contribution in [-0.4, -0.2) is 16.1 Å². The Kier molecular flexibility index (Phi) is 3.87. The van der Waals surface area contributed by atoms with E-state index < -0.39 is 11.8 Å². The summed E-state index contributed by atoms with van der Waals surface area (Å²) < 4.78 is 13.1. The SMILES string of the molecule is O=C(O)c1nc(Nc2cc(F)cc(Cl)c2)ccc1Cl. The predicted molar refractivity (Wildman–Crippen MR) is 70.9 cm³/mol. The molecule has 1 aromatic carbocycles. The van der Waals surface area contributed by atoms with Crippen LogP contribution in [0.3, 0.4) is 0 Å². The molecule has 0 unspecified atom stereocenters. The summed E-state index contributed by atoms with van der Waals surface area (Å²) in [7, 11) is 0. The standard InChI is InChI=1S/C12H7Cl2FN2O2/c13-6-3-7(15)5-8(4-6)16-10-2-1-9(14)11(17-10)12(18)19/h1-5H,(H,16,17)(H,18,19). The molecule has 0 saturated heterocycles. The molecule has 0 saturated carbocycles. The van der Waals surface area contributed by atoms with Gasteiger partial charge in [0.2, 0.25) is 0 Å². The molecule has 2 N–H and O–H groups in total. The maximum atomic E-state index is 13.1. The molecule has 2 rings (SSSR count). The molecule has 0 amide bonds. The monoisotopic (exact) mass is 300 g/mol. The molecule has 2 aromatic rings. The molecule has 0 aliphatic carbocycles. The smallest absolute Gasteiger partial charge is 0.356 e. The van der Waals surface area contributed by atoms with Gasteiger partial charge in [0.05, 0.1) is 5.02 Å². The molecule has 98 valence electrons. The Hall–Kier alpha value is -1.85. The van der Waals surface area contributed by atoms with Gasteiger partial charge >= 0.3 is 5.97 Å². The van der Waals surface area contributed by atoms with E-state index in [9.17, 15) is 9.18 Å². The Labute approximate surface area is 117 Å². The summed E-state index contributed by atoms with van der Waals surface area (Å²) in [6.45, 7) is 0. The lowest BCUT2D eigenvalue weighted by Crippen LogP contribution is -2.04. The number of hydrogen-bond acceptors (Lipinski definition) is 3. The lowest BCUT2D eigenvalue weighted by atomic mass is 10.3. The average molecular weight is 301 g/mol. The molecule has 1 heterocycles. The lowest BCUT2D eigenvalue weighted by molar-refractivity contribution is 0.0691. The van der Waals surface area contributed by atoms with E-state index in [2.05, 4.69) is 10.3 Å². The minimum absolute atomic E-state index is 0.0234. The summed E-state index contributed by atoms with van der Waals surface area (Å²) in [5.74, 6) is -1.53. The van der Waals surface area contributed by atoms with E-state index in [-0.39, 0.29) is 21.6 Å². The van der Waals surface area contributed by atoms with Crippen LogP contribution in [-0.2, 0) is 0 Å². The number of carboxylic acid groups (broad SMARTS) is 1. The van der Waals surface area contributed by atoms with E-state index in [1.165, 1.54) is 24.3 Å². The van der Waals surface area contributed by atoms with Gasteiger partial charge in [-0.3, -0.25) is 0 Å². The fourth-order valence-corrected chi connectivity index (χ4v) is 1.84. The number of halogens is 3. The fraction of sp³-hybridized carbons (Fsp3) is 0. The van der Waals surface area contributed by atoms with Crippen LogP contribution in [0, 0.1) is 5.82 Å². The highest BCUT2D eigenvalue weighted by molar-refractivity contribution is 6.33. The van der Waals surface area contributed by atoms with Crippen LogP contribution in [0.4, 0.5) is 15.9 Å². The van der Waals surface area contributed by atoms with Crippen molar-refractivity contribution in [1.29, 1.82) is 0 Å². The number of hydrogen-bond donors (Lipinski definition) is 2. The normalized spacial score (nSPS) is 10.3. The predicted octanol–water partition coefficient (Wildman–Crippen LogP) is 3.97. The highest BCUT2D eigenvalue weighted by Gasteiger charge is 2.11. The van der Waals surface area contributed by atoms with Crippen LogP contribution in [0.5, 0.6) is 0 Å². The topological polar surface area (TPSA) is 62.2 Å². The van der Waals surface area contributed by atoms with Gasteiger partial charge in [-0.25, -0.2) is 14.2 Å². The Morgan fingerprint density at radius 3 is 2.63 bits per heavy atom. The first-order valence-corrected chi connectivity index (χ1v) is 5.84. The number of pyridine rings is 1. The minimum atomic E-state index is -1.24. The molecular formula is C12H7Cl2FN2O2. The molecular weight excluding hydrogens is 294 g/mol. The number of carbonyl (C=O) groups is 1. The first-order valence-electron chi connectivity index (χ1n) is 5.08. The van der Waals surface area contributed by atoms with Crippen LogP contribution in [0.2, 0.25) is 10.0 Å². The van der Waals surface area contributed by atoms with Gasteiger partial charge in [-0.05, 0) is 30.3 Å². The van der Waals surface area contributed by atoms with Crippen LogP contribution < -0.4 is 5.32 Å². The quantitative estimate of drug-likeness (QED) is 0.900. The van der Waals surface area contributed by atoms with Crippen molar-refractivity contribution in [3.05, 3.63) is 51.9 Å². The molecule has 0 fully saturated rings. The van der Waals surface area contributed by atoms with Gasteiger partial charge in [0.1, 0.15) is 11.6 Å². The molecule has 0 aliphatic heterocycles. The van der Waals surface area contributed by atoms with Crippen LogP contribution in [0.25, 0.3) is 0 Å². The number of nitrogens with zero attached hydrogens (tertiary/aromatic N) is 1. The fourth-order valence-electron chi connectivity index (χ4n) is 1.44. The van der Waals surface area contributed by atoms with Crippen molar-refractivity contribution in [1.82, 2.24) is 4.98 Å². The van der Waals surface area contributed by atoms with Crippen LogP contribution in [0.15, 0.2) is 30.3 Å². The molecule has 19 heavy (non-hydrogen) atoms. The first kappa shape index (κ1) is 13.6. The van der Waals surface area contributed by atoms with E-state index in [1.54, 1.807) is 0 Å². The van der Waals surface area contributed by atoms with E-state index >= 15 is 0 Å². The van der Waals surface area contributed by atoms with Crippen molar-refractivity contribution in [3.63, 3.8) is 0 Å². The third kappa shape index (κ3) is 3.33. The van der Waals surface area contributed by atoms with E-state index in [4.69, 9.17) is 28.3 Å². The second-order valence-electron chi connectivity index (χ2n) is 3.62. The zero-order chi connectivity index (χ0) is 14.0. The first-order chi connectivity index (χ1) is 8.95. The zero-order valence-corrected chi connectivity index (χ0v) is 10.8. The Morgan fingerprint density at radius 1 is 1.26 bits per heavy atom. The second kappa shape index (κ2) is 5.42. The van der Waals surface area contributed by atoms with Crippen LogP contribution >= 0.6 is 23.2 Å². The maximum absolute atomic E-state index is 13.1. The van der Waals surface area contributed by atoms with Gasteiger partial charge in [-0.1, -0.05) is 23.2 Å². The Bertz CT molecular complexity index is 629. The highest BCUT2D eigenvalue weighted by atomic mass is 35.5. The van der Waals surface area contributed by atoms with Crippen molar-refractivity contribution in [2.75, 3.05) is 5.32 Å². The third-order valence-corrected chi connectivity index (χ3v) is 2.71.